The minimum atomic E-state index is 0.278. The molecule has 2 aromatic carbocycles. The van der Waals surface area contributed by atoms with Crippen molar-refractivity contribution in [2.75, 3.05) is 55.2 Å². The van der Waals surface area contributed by atoms with Gasteiger partial charge in [0.25, 0.3) is 0 Å². The first kappa shape index (κ1) is 35.7. The van der Waals surface area contributed by atoms with Crippen LogP contribution in [-0.2, 0) is 19.5 Å². The third-order valence-electron chi connectivity index (χ3n) is 8.92. The molecule has 260 valence electrons. The van der Waals surface area contributed by atoms with Crippen LogP contribution in [0.15, 0.2) is 72.6 Å². The smallest absolute Gasteiger partial charge is 0.203 e. The van der Waals surface area contributed by atoms with Crippen LogP contribution in [0, 0.1) is 0 Å². The van der Waals surface area contributed by atoms with Gasteiger partial charge in [0.1, 0.15) is 0 Å². The van der Waals surface area contributed by atoms with Gasteiger partial charge in [-0.2, -0.15) is 0 Å². The molecule has 0 radical (unpaired) electrons. The predicted octanol–water partition coefficient (Wildman–Crippen LogP) is 7.46. The number of allylic oxidation sites excluding steroid dienone is 1. The summed E-state index contributed by atoms with van der Waals surface area (Å²) in [5.41, 5.74) is 8.65. The van der Waals surface area contributed by atoms with E-state index in [4.69, 9.17) is 28.7 Å². The van der Waals surface area contributed by atoms with Crippen molar-refractivity contribution in [1.82, 2.24) is 19.8 Å². The van der Waals surface area contributed by atoms with Gasteiger partial charge in [-0.3, -0.25) is 19.8 Å². The number of aromatic nitrogens is 2. The number of ether oxygens (including phenoxy) is 5. The molecule has 0 saturated carbocycles. The molecule has 1 aliphatic heterocycles. The summed E-state index contributed by atoms with van der Waals surface area (Å²) in [5.74, 6) is 3.32. The standard InChI is InChI=1S/C40H50N4O5/c1-9-10-30-20-31(21-36(45-4)39(30)48-7)34-18-28(11-13-41-34)24-43-15-16-44(33(26-43)17-27(2)3)25-29-12-14-42-35(19-29)32-22-37(46-5)40(49-8)38(23-32)47-6/h11-14,17-23,33H,9-10,15-16,24-26H2,1-8H3/t33-/m0/s1. The number of hydrogen-bond acceptors (Lipinski definition) is 9. The Bertz CT molecular complexity index is 1730. The fourth-order valence-electron chi connectivity index (χ4n) is 6.62. The lowest BCUT2D eigenvalue weighted by molar-refractivity contribution is 0.0864. The van der Waals surface area contributed by atoms with Crippen LogP contribution in [0.2, 0.25) is 0 Å². The lowest BCUT2D eigenvalue weighted by Gasteiger charge is -2.40. The van der Waals surface area contributed by atoms with Crippen molar-refractivity contribution < 1.29 is 23.7 Å². The molecule has 49 heavy (non-hydrogen) atoms. The summed E-state index contributed by atoms with van der Waals surface area (Å²) in [5, 5.41) is 0. The van der Waals surface area contributed by atoms with E-state index in [0.717, 1.165) is 85.1 Å². The molecule has 5 rings (SSSR count). The molecule has 1 saturated heterocycles. The van der Waals surface area contributed by atoms with Gasteiger partial charge in [0.15, 0.2) is 23.0 Å². The molecular formula is C40H50N4O5. The Morgan fingerprint density at radius 2 is 1.27 bits per heavy atom. The molecule has 9 heteroatoms. The lowest BCUT2D eigenvalue weighted by Crippen LogP contribution is -2.51. The zero-order valence-electron chi connectivity index (χ0n) is 30.2. The Hall–Kier alpha value is -4.60. The average Bonchev–Trinajstić information content (AvgIpc) is 3.11. The van der Waals surface area contributed by atoms with Crippen LogP contribution >= 0.6 is 0 Å². The first-order valence-corrected chi connectivity index (χ1v) is 16.9. The van der Waals surface area contributed by atoms with Crippen LogP contribution in [0.25, 0.3) is 22.5 Å². The van der Waals surface area contributed by atoms with E-state index in [2.05, 4.69) is 72.0 Å². The monoisotopic (exact) mass is 666 g/mol. The Balaban J connectivity index is 1.33. The molecule has 1 fully saturated rings. The van der Waals surface area contributed by atoms with Gasteiger partial charge in [-0.1, -0.05) is 25.0 Å². The maximum Gasteiger partial charge on any atom is 0.203 e. The second-order valence-electron chi connectivity index (χ2n) is 12.7. The number of hydrogen-bond donors (Lipinski definition) is 0. The highest BCUT2D eigenvalue weighted by molar-refractivity contribution is 5.69. The summed E-state index contributed by atoms with van der Waals surface area (Å²) in [7, 11) is 8.25. The highest BCUT2D eigenvalue weighted by Gasteiger charge is 2.26. The summed E-state index contributed by atoms with van der Waals surface area (Å²) >= 11 is 0. The fraction of sp³-hybridized carbons (Fsp3) is 0.400. The number of methoxy groups -OCH3 is 5. The molecule has 1 aliphatic rings. The molecule has 9 nitrogen and oxygen atoms in total. The Labute approximate surface area is 291 Å². The van der Waals surface area contributed by atoms with Crippen molar-refractivity contribution in [3.8, 4) is 51.3 Å². The third kappa shape index (κ3) is 8.53. The van der Waals surface area contributed by atoms with Gasteiger partial charge in [0, 0.05) is 62.3 Å². The summed E-state index contributed by atoms with van der Waals surface area (Å²) in [6.07, 6.45) is 8.12. The summed E-state index contributed by atoms with van der Waals surface area (Å²) in [6.45, 7) is 11.1. The number of rotatable bonds is 14. The molecule has 3 heterocycles. The highest BCUT2D eigenvalue weighted by atomic mass is 16.5. The van der Waals surface area contributed by atoms with E-state index < -0.39 is 0 Å². The first-order valence-electron chi connectivity index (χ1n) is 16.9. The second-order valence-corrected chi connectivity index (χ2v) is 12.7. The van der Waals surface area contributed by atoms with Crippen molar-refractivity contribution in [1.29, 1.82) is 0 Å². The third-order valence-corrected chi connectivity index (χ3v) is 8.92. The average molecular weight is 667 g/mol. The van der Waals surface area contributed by atoms with Crippen LogP contribution in [0.3, 0.4) is 0 Å². The molecule has 0 amide bonds. The van der Waals surface area contributed by atoms with E-state index in [0.29, 0.717) is 17.2 Å². The predicted molar refractivity (Wildman–Crippen MR) is 195 cm³/mol. The molecule has 2 aromatic heterocycles. The number of pyridine rings is 2. The fourth-order valence-corrected chi connectivity index (χ4v) is 6.62. The van der Waals surface area contributed by atoms with Gasteiger partial charge in [-0.05, 0) is 85.5 Å². The minimum Gasteiger partial charge on any atom is -0.493 e. The number of piperazine rings is 1. The molecule has 0 unspecified atom stereocenters. The van der Waals surface area contributed by atoms with Crippen molar-refractivity contribution in [2.24, 2.45) is 0 Å². The van der Waals surface area contributed by atoms with Crippen molar-refractivity contribution in [3.63, 3.8) is 0 Å². The number of aryl methyl sites for hydroxylation is 1. The topological polar surface area (TPSA) is 78.4 Å². The van der Waals surface area contributed by atoms with Crippen LogP contribution < -0.4 is 23.7 Å². The summed E-state index contributed by atoms with van der Waals surface area (Å²) in [4.78, 5) is 14.5. The molecular weight excluding hydrogens is 616 g/mol. The summed E-state index contributed by atoms with van der Waals surface area (Å²) in [6, 6.07) is 17.0. The van der Waals surface area contributed by atoms with Gasteiger partial charge in [0.05, 0.1) is 46.9 Å². The van der Waals surface area contributed by atoms with Crippen LogP contribution in [0.5, 0.6) is 28.7 Å². The maximum absolute atomic E-state index is 5.70. The second kappa shape index (κ2) is 16.7. The van der Waals surface area contributed by atoms with E-state index >= 15 is 0 Å². The number of benzene rings is 2. The number of nitrogens with zero attached hydrogens (tertiary/aromatic N) is 4. The maximum atomic E-state index is 5.70. The largest absolute Gasteiger partial charge is 0.493 e. The molecule has 4 aromatic rings. The van der Waals surface area contributed by atoms with Crippen molar-refractivity contribution in [3.05, 3.63) is 89.3 Å². The van der Waals surface area contributed by atoms with Crippen molar-refractivity contribution in [2.45, 2.75) is 52.7 Å². The van der Waals surface area contributed by atoms with Gasteiger partial charge in [-0.15, -0.1) is 0 Å². The van der Waals surface area contributed by atoms with E-state index in [1.807, 2.05) is 30.6 Å². The zero-order chi connectivity index (χ0) is 34.9. The van der Waals surface area contributed by atoms with Crippen molar-refractivity contribution >= 4 is 0 Å². The zero-order valence-corrected chi connectivity index (χ0v) is 30.2. The van der Waals surface area contributed by atoms with Gasteiger partial charge >= 0.3 is 0 Å². The Morgan fingerprint density at radius 1 is 0.714 bits per heavy atom. The van der Waals surface area contributed by atoms with Gasteiger partial charge in [0.2, 0.25) is 5.75 Å². The molecule has 0 bridgehead atoms. The SMILES string of the molecule is CCCc1cc(-c2cc(CN3CCN(Cc4ccnc(-c5cc(OC)c(OC)c(OC)c5)c4)[C@@H](C=C(C)C)C3)ccn2)cc(OC)c1OC. The summed E-state index contributed by atoms with van der Waals surface area (Å²) < 4.78 is 28.1. The highest BCUT2D eigenvalue weighted by Crippen LogP contribution is 2.41. The first-order chi connectivity index (χ1) is 23.8. The van der Waals surface area contributed by atoms with Crippen LogP contribution in [0.1, 0.15) is 43.9 Å². The quantitative estimate of drug-likeness (QED) is 0.128. The minimum absolute atomic E-state index is 0.278. The van der Waals surface area contributed by atoms with Gasteiger partial charge < -0.3 is 23.7 Å². The van der Waals surface area contributed by atoms with E-state index in [1.54, 1.807) is 35.5 Å². The van der Waals surface area contributed by atoms with Gasteiger partial charge in [-0.25, -0.2) is 0 Å². The Morgan fingerprint density at radius 3 is 1.80 bits per heavy atom. The molecule has 0 aliphatic carbocycles. The molecule has 1 atom stereocenters. The molecule has 0 spiro atoms. The van der Waals surface area contributed by atoms with Crippen LogP contribution in [-0.4, -0.2) is 81.0 Å². The molecule has 0 N–H and O–H groups in total. The lowest BCUT2D eigenvalue weighted by atomic mass is 10.0. The Kier molecular flexibility index (Phi) is 12.2. The van der Waals surface area contributed by atoms with E-state index in [-0.39, 0.29) is 6.04 Å². The van der Waals surface area contributed by atoms with E-state index in [9.17, 15) is 0 Å². The van der Waals surface area contributed by atoms with E-state index in [1.165, 1.54) is 16.7 Å². The van der Waals surface area contributed by atoms with Crippen LogP contribution in [0.4, 0.5) is 0 Å². The normalized spacial score (nSPS) is 15.1.